The molecule has 0 aliphatic carbocycles. The van der Waals surface area contributed by atoms with E-state index in [-0.39, 0.29) is 11.7 Å². The lowest BCUT2D eigenvalue weighted by atomic mass is 9.93. The molecule has 2 aromatic rings. The molecular weight excluding hydrogens is 227 g/mol. The van der Waals surface area contributed by atoms with Gasteiger partial charge in [0.1, 0.15) is 11.6 Å². The second kappa shape index (κ2) is 4.81. The van der Waals surface area contributed by atoms with Gasteiger partial charge in [-0.2, -0.15) is 0 Å². The second-order valence-corrected chi connectivity index (χ2v) is 4.89. The number of aromatic hydroxyl groups is 1. The van der Waals surface area contributed by atoms with Crippen LogP contribution in [-0.2, 0) is 0 Å². The molecule has 0 spiro atoms. The van der Waals surface area contributed by atoms with E-state index in [0.717, 1.165) is 22.3 Å². The van der Waals surface area contributed by atoms with Crippen LogP contribution < -0.4 is 0 Å². The van der Waals surface area contributed by atoms with Gasteiger partial charge in [-0.15, -0.1) is 0 Å². The first kappa shape index (κ1) is 12.6. The lowest BCUT2D eigenvalue weighted by molar-refractivity contribution is 0.464. The molecule has 0 aromatic heterocycles. The van der Waals surface area contributed by atoms with Gasteiger partial charge in [-0.1, -0.05) is 26.0 Å². The Labute approximate surface area is 107 Å². The van der Waals surface area contributed by atoms with Gasteiger partial charge >= 0.3 is 0 Å². The average molecular weight is 244 g/mol. The van der Waals surface area contributed by atoms with Crippen LogP contribution in [0.4, 0.5) is 4.39 Å². The number of aryl methyl sites for hydroxylation is 1. The third kappa shape index (κ3) is 2.37. The third-order valence-electron chi connectivity index (χ3n) is 3.15. The van der Waals surface area contributed by atoms with Crippen LogP contribution in [0.1, 0.15) is 30.9 Å². The molecule has 0 amide bonds. The number of rotatable bonds is 2. The van der Waals surface area contributed by atoms with Crippen molar-refractivity contribution in [3.05, 3.63) is 53.3 Å². The predicted molar refractivity (Wildman–Crippen MR) is 72.3 cm³/mol. The molecule has 0 unspecified atom stereocenters. The minimum absolute atomic E-state index is 0.237. The summed E-state index contributed by atoms with van der Waals surface area (Å²) in [5.74, 6) is 0.345. The van der Waals surface area contributed by atoms with Crippen LogP contribution in [-0.4, -0.2) is 5.11 Å². The molecule has 0 fully saturated rings. The minimum Gasteiger partial charge on any atom is -0.508 e. The summed E-state index contributed by atoms with van der Waals surface area (Å²) < 4.78 is 12.9. The highest BCUT2D eigenvalue weighted by atomic mass is 19.1. The van der Waals surface area contributed by atoms with Crippen molar-refractivity contribution in [1.82, 2.24) is 0 Å². The zero-order valence-electron chi connectivity index (χ0n) is 10.9. The van der Waals surface area contributed by atoms with Crippen LogP contribution in [0, 0.1) is 12.7 Å². The molecule has 0 radical (unpaired) electrons. The van der Waals surface area contributed by atoms with Crippen molar-refractivity contribution in [2.45, 2.75) is 26.7 Å². The maximum Gasteiger partial charge on any atom is 0.123 e. The molecule has 94 valence electrons. The molecule has 0 aliphatic heterocycles. The molecular formula is C16H17FO. The van der Waals surface area contributed by atoms with Crippen molar-refractivity contribution in [3.63, 3.8) is 0 Å². The summed E-state index contributed by atoms with van der Waals surface area (Å²) in [6, 6.07) is 10.2. The molecule has 0 bridgehead atoms. The van der Waals surface area contributed by atoms with Gasteiger partial charge in [0.25, 0.3) is 0 Å². The van der Waals surface area contributed by atoms with E-state index in [1.807, 2.05) is 26.8 Å². The molecule has 0 saturated heterocycles. The maximum absolute atomic E-state index is 12.9. The van der Waals surface area contributed by atoms with E-state index in [4.69, 9.17) is 0 Å². The van der Waals surface area contributed by atoms with Crippen LogP contribution >= 0.6 is 0 Å². The topological polar surface area (TPSA) is 20.2 Å². The Kier molecular flexibility index (Phi) is 3.37. The molecule has 0 aliphatic rings. The van der Waals surface area contributed by atoms with E-state index >= 15 is 0 Å². The highest BCUT2D eigenvalue weighted by Crippen LogP contribution is 2.33. The number of hydrogen-bond acceptors (Lipinski definition) is 1. The van der Waals surface area contributed by atoms with Gasteiger partial charge in [-0.05, 0) is 59.4 Å². The van der Waals surface area contributed by atoms with E-state index in [2.05, 4.69) is 0 Å². The van der Waals surface area contributed by atoms with E-state index in [1.54, 1.807) is 18.2 Å². The number of benzene rings is 2. The van der Waals surface area contributed by atoms with E-state index in [0.29, 0.717) is 5.75 Å². The van der Waals surface area contributed by atoms with E-state index < -0.39 is 0 Å². The summed E-state index contributed by atoms with van der Waals surface area (Å²) in [6.07, 6.45) is 0. The molecule has 1 N–H and O–H groups in total. The van der Waals surface area contributed by atoms with Gasteiger partial charge in [-0.3, -0.25) is 0 Å². The summed E-state index contributed by atoms with van der Waals surface area (Å²) >= 11 is 0. The largest absolute Gasteiger partial charge is 0.508 e. The standard InChI is InChI=1S/C16H17FO/c1-10(2)14-9-15(11(3)8-16(14)18)12-4-6-13(17)7-5-12/h4-10,18H,1-3H3. The molecule has 0 heterocycles. The molecule has 2 rings (SSSR count). The normalized spacial score (nSPS) is 10.9. The van der Waals surface area contributed by atoms with Crippen LogP contribution in [0.25, 0.3) is 11.1 Å². The van der Waals surface area contributed by atoms with Crippen LogP contribution in [0.2, 0.25) is 0 Å². The van der Waals surface area contributed by atoms with Crippen molar-refractivity contribution in [1.29, 1.82) is 0 Å². The summed E-state index contributed by atoms with van der Waals surface area (Å²) in [5.41, 5.74) is 3.91. The molecule has 1 nitrogen and oxygen atoms in total. The van der Waals surface area contributed by atoms with Gasteiger partial charge in [0.05, 0.1) is 0 Å². The molecule has 2 aromatic carbocycles. The van der Waals surface area contributed by atoms with Crippen LogP contribution in [0.3, 0.4) is 0 Å². The van der Waals surface area contributed by atoms with E-state index in [1.165, 1.54) is 12.1 Å². The van der Waals surface area contributed by atoms with Crippen molar-refractivity contribution >= 4 is 0 Å². The van der Waals surface area contributed by atoms with Gasteiger partial charge in [0, 0.05) is 0 Å². The van der Waals surface area contributed by atoms with Gasteiger partial charge < -0.3 is 5.11 Å². The lowest BCUT2D eigenvalue weighted by Gasteiger charge is -2.14. The van der Waals surface area contributed by atoms with Crippen molar-refractivity contribution in [2.24, 2.45) is 0 Å². The summed E-state index contributed by atoms with van der Waals surface area (Å²) in [4.78, 5) is 0. The Morgan fingerprint density at radius 1 is 1.06 bits per heavy atom. The molecule has 0 atom stereocenters. The monoisotopic (exact) mass is 244 g/mol. The fourth-order valence-corrected chi connectivity index (χ4v) is 2.11. The SMILES string of the molecule is Cc1cc(O)c(C(C)C)cc1-c1ccc(F)cc1. The number of halogens is 1. The highest BCUT2D eigenvalue weighted by molar-refractivity contribution is 5.69. The average Bonchev–Trinajstić information content (AvgIpc) is 2.30. The lowest BCUT2D eigenvalue weighted by Crippen LogP contribution is -1.92. The first-order chi connectivity index (χ1) is 8.49. The highest BCUT2D eigenvalue weighted by Gasteiger charge is 2.11. The minimum atomic E-state index is -0.237. The summed E-state index contributed by atoms with van der Waals surface area (Å²) in [7, 11) is 0. The summed E-state index contributed by atoms with van der Waals surface area (Å²) in [6.45, 7) is 6.03. The smallest absolute Gasteiger partial charge is 0.123 e. The van der Waals surface area contributed by atoms with E-state index in [9.17, 15) is 9.50 Å². The first-order valence-corrected chi connectivity index (χ1v) is 6.08. The van der Waals surface area contributed by atoms with Gasteiger partial charge in [0.2, 0.25) is 0 Å². The molecule has 0 saturated carbocycles. The zero-order valence-corrected chi connectivity index (χ0v) is 10.9. The van der Waals surface area contributed by atoms with Gasteiger partial charge in [-0.25, -0.2) is 4.39 Å². The third-order valence-corrected chi connectivity index (χ3v) is 3.15. The molecule has 2 heteroatoms. The van der Waals surface area contributed by atoms with Crippen molar-refractivity contribution in [2.75, 3.05) is 0 Å². The molecule has 18 heavy (non-hydrogen) atoms. The number of phenols is 1. The maximum atomic E-state index is 12.9. The predicted octanol–water partition coefficient (Wildman–Crippen LogP) is 4.63. The van der Waals surface area contributed by atoms with Gasteiger partial charge in [0.15, 0.2) is 0 Å². The van der Waals surface area contributed by atoms with Crippen molar-refractivity contribution in [3.8, 4) is 16.9 Å². The number of phenolic OH excluding ortho intramolecular Hbond substituents is 1. The van der Waals surface area contributed by atoms with Crippen molar-refractivity contribution < 1.29 is 9.50 Å². The van der Waals surface area contributed by atoms with Crippen LogP contribution in [0.5, 0.6) is 5.75 Å². The van der Waals surface area contributed by atoms with Crippen LogP contribution in [0.15, 0.2) is 36.4 Å². The number of hydrogen-bond donors (Lipinski definition) is 1. The Morgan fingerprint density at radius 3 is 2.22 bits per heavy atom. The Balaban J connectivity index is 2.57. The Morgan fingerprint density at radius 2 is 1.67 bits per heavy atom. The second-order valence-electron chi connectivity index (χ2n) is 4.89. The Hall–Kier alpha value is -1.83. The quantitative estimate of drug-likeness (QED) is 0.816. The fraction of sp³-hybridized carbons (Fsp3) is 0.250. The fourth-order valence-electron chi connectivity index (χ4n) is 2.11. The first-order valence-electron chi connectivity index (χ1n) is 6.08. The summed E-state index contributed by atoms with van der Waals surface area (Å²) in [5, 5.41) is 9.92. The Bertz CT molecular complexity index is 556. The zero-order chi connectivity index (χ0) is 13.3.